The zero-order valence-corrected chi connectivity index (χ0v) is 7.94. The molecular weight excluding hydrogens is 176 g/mol. The van der Waals surface area contributed by atoms with E-state index in [-0.39, 0.29) is 17.9 Å². The van der Waals surface area contributed by atoms with Crippen molar-refractivity contribution >= 4 is 5.91 Å². The molecule has 0 radical (unpaired) electrons. The van der Waals surface area contributed by atoms with Crippen molar-refractivity contribution in [3.8, 4) is 0 Å². The van der Waals surface area contributed by atoms with Gasteiger partial charge in [-0.15, -0.1) is 0 Å². The fourth-order valence-electron chi connectivity index (χ4n) is 1.87. The Hall–Kier alpha value is -1.35. The van der Waals surface area contributed by atoms with Gasteiger partial charge < -0.3 is 11.1 Å². The Balaban J connectivity index is 2.16. The number of nitrogens with two attached hydrogens (primary N) is 1. The first kappa shape index (κ1) is 9.21. The minimum Gasteiger partial charge on any atom is -0.355 e. The molecule has 1 saturated heterocycles. The van der Waals surface area contributed by atoms with Gasteiger partial charge >= 0.3 is 0 Å². The van der Waals surface area contributed by atoms with Gasteiger partial charge in [-0.2, -0.15) is 0 Å². The highest BCUT2D eigenvalue weighted by molar-refractivity contribution is 5.77. The van der Waals surface area contributed by atoms with E-state index >= 15 is 0 Å². The number of carbonyl (C=O) groups is 1. The molecule has 0 bridgehead atoms. The zero-order valence-electron chi connectivity index (χ0n) is 7.94. The maximum Gasteiger partial charge on any atom is 0.221 e. The molecule has 74 valence electrons. The molecule has 1 heterocycles. The van der Waals surface area contributed by atoms with Crippen LogP contribution in [0.25, 0.3) is 0 Å². The topological polar surface area (TPSA) is 55.1 Å². The van der Waals surface area contributed by atoms with Crippen LogP contribution in [-0.4, -0.2) is 18.5 Å². The first-order valence-electron chi connectivity index (χ1n) is 4.84. The Morgan fingerprint density at radius 2 is 2.00 bits per heavy atom. The smallest absolute Gasteiger partial charge is 0.221 e. The fraction of sp³-hybridized carbons (Fsp3) is 0.364. The van der Waals surface area contributed by atoms with Crippen LogP contribution in [-0.2, 0) is 4.79 Å². The molecular formula is C11H14N2O. The van der Waals surface area contributed by atoms with Gasteiger partial charge in [-0.25, -0.2) is 0 Å². The molecule has 1 aromatic carbocycles. The Bertz CT molecular complexity index is 323. The summed E-state index contributed by atoms with van der Waals surface area (Å²) >= 11 is 0. The average molecular weight is 190 g/mol. The number of carbonyl (C=O) groups excluding carboxylic acids is 1. The van der Waals surface area contributed by atoms with Crippen LogP contribution in [0.15, 0.2) is 30.3 Å². The van der Waals surface area contributed by atoms with Gasteiger partial charge in [0.25, 0.3) is 0 Å². The molecule has 3 heteroatoms. The second kappa shape index (κ2) is 3.80. The maximum atomic E-state index is 11.1. The molecule has 0 spiro atoms. The Labute approximate surface area is 83.3 Å². The average Bonchev–Trinajstić information content (AvgIpc) is 2.19. The standard InChI is InChI=1S/C11H14N2O/c12-10-6-11(14)13-7-9(10)8-4-2-1-3-5-8/h1-5,9-10H,6-7,12H2,(H,13,14). The Morgan fingerprint density at radius 3 is 2.64 bits per heavy atom. The van der Waals surface area contributed by atoms with Gasteiger partial charge in [-0.3, -0.25) is 4.79 Å². The van der Waals surface area contributed by atoms with E-state index in [1.54, 1.807) is 0 Å². The number of rotatable bonds is 1. The van der Waals surface area contributed by atoms with Crippen molar-refractivity contribution in [3.05, 3.63) is 35.9 Å². The van der Waals surface area contributed by atoms with E-state index in [2.05, 4.69) is 17.4 Å². The van der Waals surface area contributed by atoms with Gasteiger partial charge in [0.15, 0.2) is 0 Å². The third-order valence-corrected chi connectivity index (χ3v) is 2.68. The van der Waals surface area contributed by atoms with Gasteiger partial charge in [0, 0.05) is 24.9 Å². The number of hydrogen-bond acceptors (Lipinski definition) is 2. The van der Waals surface area contributed by atoms with Crippen LogP contribution >= 0.6 is 0 Å². The third kappa shape index (κ3) is 1.77. The van der Waals surface area contributed by atoms with Crippen LogP contribution in [0.5, 0.6) is 0 Å². The van der Waals surface area contributed by atoms with E-state index in [9.17, 15) is 4.79 Å². The molecule has 1 aromatic rings. The molecule has 0 aliphatic carbocycles. The lowest BCUT2D eigenvalue weighted by atomic mass is 9.87. The first-order valence-corrected chi connectivity index (χ1v) is 4.84. The number of amides is 1. The van der Waals surface area contributed by atoms with Gasteiger partial charge in [0.05, 0.1) is 0 Å². The number of hydrogen-bond donors (Lipinski definition) is 2. The van der Waals surface area contributed by atoms with Crippen LogP contribution in [0.3, 0.4) is 0 Å². The van der Waals surface area contributed by atoms with Crippen LogP contribution < -0.4 is 11.1 Å². The molecule has 1 amide bonds. The predicted octanol–water partition coefficient (Wildman–Crippen LogP) is 0.617. The van der Waals surface area contributed by atoms with E-state index in [1.165, 1.54) is 5.56 Å². The van der Waals surface area contributed by atoms with E-state index < -0.39 is 0 Å². The van der Waals surface area contributed by atoms with E-state index in [0.717, 1.165) is 0 Å². The van der Waals surface area contributed by atoms with Crippen molar-refractivity contribution < 1.29 is 4.79 Å². The molecule has 3 N–H and O–H groups in total. The molecule has 1 aliphatic rings. The lowest BCUT2D eigenvalue weighted by Crippen LogP contribution is -2.46. The van der Waals surface area contributed by atoms with Gasteiger partial charge in [0.1, 0.15) is 0 Å². The van der Waals surface area contributed by atoms with Crippen LogP contribution in [0.4, 0.5) is 0 Å². The van der Waals surface area contributed by atoms with Crippen molar-refractivity contribution in [1.82, 2.24) is 5.32 Å². The summed E-state index contributed by atoms with van der Waals surface area (Å²) < 4.78 is 0. The van der Waals surface area contributed by atoms with Gasteiger partial charge in [-0.05, 0) is 5.56 Å². The zero-order chi connectivity index (χ0) is 9.97. The van der Waals surface area contributed by atoms with Crippen LogP contribution in [0.2, 0.25) is 0 Å². The van der Waals surface area contributed by atoms with Crippen LogP contribution in [0, 0.1) is 0 Å². The molecule has 2 rings (SSSR count). The molecule has 14 heavy (non-hydrogen) atoms. The quantitative estimate of drug-likeness (QED) is 0.682. The molecule has 1 fully saturated rings. The normalized spacial score (nSPS) is 27.1. The largest absolute Gasteiger partial charge is 0.355 e. The van der Waals surface area contributed by atoms with Crippen molar-refractivity contribution in [1.29, 1.82) is 0 Å². The van der Waals surface area contributed by atoms with Crippen molar-refractivity contribution in [2.45, 2.75) is 18.4 Å². The van der Waals surface area contributed by atoms with Crippen LogP contribution in [0.1, 0.15) is 17.9 Å². The molecule has 2 atom stereocenters. The minimum atomic E-state index is -0.0499. The summed E-state index contributed by atoms with van der Waals surface area (Å²) in [6.45, 7) is 0.657. The summed E-state index contributed by atoms with van der Waals surface area (Å²) in [7, 11) is 0. The molecule has 1 aliphatic heterocycles. The number of benzene rings is 1. The van der Waals surface area contributed by atoms with Crippen molar-refractivity contribution in [2.24, 2.45) is 5.73 Å². The summed E-state index contributed by atoms with van der Waals surface area (Å²) in [5.74, 6) is 0.318. The third-order valence-electron chi connectivity index (χ3n) is 2.68. The second-order valence-electron chi connectivity index (χ2n) is 3.69. The highest BCUT2D eigenvalue weighted by atomic mass is 16.1. The van der Waals surface area contributed by atoms with E-state index in [0.29, 0.717) is 13.0 Å². The summed E-state index contributed by atoms with van der Waals surface area (Å²) in [6.07, 6.45) is 0.430. The van der Waals surface area contributed by atoms with Crippen molar-refractivity contribution in [2.75, 3.05) is 6.54 Å². The van der Waals surface area contributed by atoms with E-state index in [1.807, 2.05) is 18.2 Å². The van der Waals surface area contributed by atoms with Crippen molar-refractivity contribution in [3.63, 3.8) is 0 Å². The lowest BCUT2D eigenvalue weighted by Gasteiger charge is -2.29. The SMILES string of the molecule is NC1CC(=O)NCC1c1ccccc1. The Morgan fingerprint density at radius 1 is 1.29 bits per heavy atom. The summed E-state index contributed by atoms with van der Waals surface area (Å²) in [5.41, 5.74) is 7.15. The summed E-state index contributed by atoms with van der Waals surface area (Å²) in [4.78, 5) is 11.1. The molecule has 2 unspecified atom stereocenters. The first-order chi connectivity index (χ1) is 6.77. The Kier molecular flexibility index (Phi) is 2.50. The summed E-state index contributed by atoms with van der Waals surface area (Å²) in [5, 5.41) is 2.84. The monoisotopic (exact) mass is 190 g/mol. The minimum absolute atomic E-state index is 0.0499. The molecule has 3 nitrogen and oxygen atoms in total. The summed E-state index contributed by atoms with van der Waals surface area (Å²) in [6, 6.07) is 10.0. The number of nitrogens with one attached hydrogen (secondary N) is 1. The molecule has 0 saturated carbocycles. The highest BCUT2D eigenvalue weighted by Gasteiger charge is 2.26. The maximum absolute atomic E-state index is 11.1. The lowest BCUT2D eigenvalue weighted by molar-refractivity contribution is -0.122. The fourth-order valence-corrected chi connectivity index (χ4v) is 1.87. The van der Waals surface area contributed by atoms with E-state index in [4.69, 9.17) is 5.73 Å². The predicted molar refractivity (Wildman–Crippen MR) is 54.8 cm³/mol. The second-order valence-corrected chi connectivity index (χ2v) is 3.69. The van der Waals surface area contributed by atoms with Gasteiger partial charge in [0.2, 0.25) is 5.91 Å². The van der Waals surface area contributed by atoms with Gasteiger partial charge in [-0.1, -0.05) is 30.3 Å². The number of piperidine rings is 1. The highest BCUT2D eigenvalue weighted by Crippen LogP contribution is 2.22. The molecule has 0 aromatic heterocycles.